The number of rotatable bonds is 6. The second kappa shape index (κ2) is 9.02. The van der Waals surface area contributed by atoms with Crippen LogP contribution in [-0.2, 0) is 11.2 Å². The fraction of sp³-hybridized carbons (Fsp3) is 0.235. The Morgan fingerprint density at radius 3 is 2.58 bits per heavy atom. The third kappa shape index (κ3) is 6.37. The van der Waals surface area contributed by atoms with Crippen LogP contribution < -0.4 is 16.0 Å². The molecule has 7 heteroatoms. The van der Waals surface area contributed by atoms with Gasteiger partial charge in [0.05, 0.1) is 6.54 Å². The number of halogens is 1. The SMILES string of the molecule is Cc1cc(Br)nc(NC(=O)NCC(=O)NCCc2ccccc2)c1. The summed E-state index contributed by atoms with van der Waals surface area (Å²) in [5.41, 5.74) is 2.12. The molecule has 2 aromatic rings. The number of amides is 3. The number of carbonyl (C=O) groups is 2. The molecular weight excluding hydrogens is 372 g/mol. The highest BCUT2D eigenvalue weighted by atomic mass is 79.9. The van der Waals surface area contributed by atoms with Crippen LogP contribution >= 0.6 is 15.9 Å². The highest BCUT2D eigenvalue weighted by Crippen LogP contribution is 2.13. The predicted molar refractivity (Wildman–Crippen MR) is 96.9 cm³/mol. The second-order valence-corrected chi connectivity index (χ2v) is 6.06. The summed E-state index contributed by atoms with van der Waals surface area (Å²) in [4.78, 5) is 27.6. The largest absolute Gasteiger partial charge is 0.354 e. The number of anilines is 1. The molecule has 0 fully saturated rings. The fourth-order valence-electron chi connectivity index (χ4n) is 2.06. The zero-order valence-corrected chi connectivity index (χ0v) is 14.9. The second-order valence-electron chi connectivity index (χ2n) is 5.25. The van der Waals surface area contributed by atoms with Gasteiger partial charge in [-0.25, -0.2) is 9.78 Å². The molecule has 126 valence electrons. The van der Waals surface area contributed by atoms with Crippen LogP contribution in [0.3, 0.4) is 0 Å². The van der Waals surface area contributed by atoms with Gasteiger partial charge >= 0.3 is 6.03 Å². The van der Waals surface area contributed by atoms with Crippen LogP contribution in [-0.4, -0.2) is 30.0 Å². The lowest BCUT2D eigenvalue weighted by atomic mass is 10.1. The van der Waals surface area contributed by atoms with Crippen molar-refractivity contribution >= 4 is 33.7 Å². The number of carbonyl (C=O) groups excluding carboxylic acids is 2. The summed E-state index contributed by atoms with van der Waals surface area (Å²) in [6.07, 6.45) is 0.750. The number of nitrogens with zero attached hydrogens (tertiary/aromatic N) is 1. The van der Waals surface area contributed by atoms with Gasteiger partial charge in [0, 0.05) is 6.54 Å². The monoisotopic (exact) mass is 390 g/mol. The number of benzene rings is 1. The summed E-state index contributed by atoms with van der Waals surface area (Å²) in [6.45, 7) is 2.34. The molecule has 1 heterocycles. The van der Waals surface area contributed by atoms with Gasteiger partial charge in [-0.2, -0.15) is 0 Å². The number of nitrogens with one attached hydrogen (secondary N) is 3. The van der Waals surface area contributed by atoms with Crippen LogP contribution in [0.25, 0.3) is 0 Å². The maximum Gasteiger partial charge on any atom is 0.320 e. The first-order valence-corrected chi connectivity index (χ1v) is 8.32. The molecule has 0 saturated carbocycles. The van der Waals surface area contributed by atoms with E-state index < -0.39 is 6.03 Å². The lowest BCUT2D eigenvalue weighted by Gasteiger charge is -2.09. The van der Waals surface area contributed by atoms with Gasteiger partial charge in [-0.3, -0.25) is 10.1 Å². The van der Waals surface area contributed by atoms with Crippen LogP contribution in [0.5, 0.6) is 0 Å². The van der Waals surface area contributed by atoms with Crippen molar-refractivity contribution in [2.75, 3.05) is 18.4 Å². The van der Waals surface area contributed by atoms with Crippen molar-refractivity contribution < 1.29 is 9.59 Å². The molecule has 0 unspecified atom stereocenters. The first-order chi connectivity index (χ1) is 11.5. The molecule has 0 bridgehead atoms. The van der Waals surface area contributed by atoms with Gasteiger partial charge in [0.25, 0.3) is 0 Å². The minimum absolute atomic E-state index is 0.0897. The van der Waals surface area contributed by atoms with Gasteiger partial charge in [0.2, 0.25) is 5.91 Å². The minimum Gasteiger partial charge on any atom is -0.354 e. The van der Waals surface area contributed by atoms with Crippen molar-refractivity contribution in [2.45, 2.75) is 13.3 Å². The molecular formula is C17H19BrN4O2. The van der Waals surface area contributed by atoms with Crippen molar-refractivity contribution in [2.24, 2.45) is 0 Å². The average Bonchev–Trinajstić information content (AvgIpc) is 2.53. The molecule has 0 atom stereocenters. The molecule has 2 rings (SSSR count). The van der Waals surface area contributed by atoms with E-state index in [0.29, 0.717) is 17.0 Å². The van der Waals surface area contributed by atoms with Gasteiger partial charge in [0.15, 0.2) is 0 Å². The van der Waals surface area contributed by atoms with E-state index in [2.05, 4.69) is 36.9 Å². The quantitative estimate of drug-likeness (QED) is 0.662. The zero-order valence-electron chi connectivity index (χ0n) is 13.3. The topological polar surface area (TPSA) is 83.1 Å². The number of hydrogen-bond donors (Lipinski definition) is 3. The summed E-state index contributed by atoms with van der Waals surface area (Å²) < 4.78 is 0.636. The van der Waals surface area contributed by atoms with E-state index in [4.69, 9.17) is 0 Å². The Balaban J connectivity index is 1.68. The number of aryl methyl sites for hydroxylation is 1. The smallest absolute Gasteiger partial charge is 0.320 e. The van der Waals surface area contributed by atoms with E-state index in [1.807, 2.05) is 43.3 Å². The van der Waals surface area contributed by atoms with Crippen LogP contribution in [0.15, 0.2) is 47.1 Å². The Hall–Kier alpha value is -2.41. The molecule has 0 aliphatic heterocycles. The standard InChI is InChI=1S/C17H19BrN4O2/c1-12-9-14(18)21-15(10-12)22-17(24)20-11-16(23)19-8-7-13-5-3-2-4-6-13/h2-6,9-10H,7-8,11H2,1H3,(H,19,23)(H2,20,21,22,24). The lowest BCUT2D eigenvalue weighted by molar-refractivity contribution is -0.120. The Morgan fingerprint density at radius 1 is 1.12 bits per heavy atom. The van der Waals surface area contributed by atoms with E-state index in [1.54, 1.807) is 6.07 Å². The Morgan fingerprint density at radius 2 is 1.88 bits per heavy atom. The van der Waals surface area contributed by atoms with Crippen molar-refractivity contribution in [3.63, 3.8) is 0 Å². The fourth-order valence-corrected chi connectivity index (χ4v) is 2.62. The third-order valence-electron chi connectivity index (χ3n) is 3.17. The average molecular weight is 391 g/mol. The van der Waals surface area contributed by atoms with Gasteiger partial charge in [0.1, 0.15) is 10.4 Å². The maximum absolute atomic E-state index is 11.8. The molecule has 3 amide bonds. The molecule has 0 aliphatic carbocycles. The first-order valence-electron chi connectivity index (χ1n) is 7.52. The van der Waals surface area contributed by atoms with Gasteiger partial charge < -0.3 is 10.6 Å². The summed E-state index contributed by atoms with van der Waals surface area (Å²) in [5, 5.41) is 7.85. The molecule has 0 radical (unpaired) electrons. The van der Waals surface area contributed by atoms with Crippen molar-refractivity contribution in [3.05, 3.63) is 58.2 Å². The van der Waals surface area contributed by atoms with Crippen molar-refractivity contribution in [1.82, 2.24) is 15.6 Å². The van der Waals surface area contributed by atoms with E-state index in [1.165, 1.54) is 0 Å². The summed E-state index contributed by atoms with van der Waals surface area (Å²) >= 11 is 3.27. The Kier molecular flexibility index (Phi) is 6.74. The highest BCUT2D eigenvalue weighted by Gasteiger charge is 2.07. The predicted octanol–water partition coefficient (Wildman–Crippen LogP) is 2.63. The minimum atomic E-state index is -0.474. The molecule has 1 aromatic carbocycles. The van der Waals surface area contributed by atoms with Gasteiger partial charge in [-0.1, -0.05) is 30.3 Å². The zero-order chi connectivity index (χ0) is 17.4. The molecule has 0 aliphatic rings. The summed E-state index contributed by atoms with van der Waals surface area (Å²) in [6, 6.07) is 13.0. The molecule has 3 N–H and O–H groups in total. The Labute approximate surface area is 149 Å². The molecule has 1 aromatic heterocycles. The van der Waals surface area contributed by atoms with E-state index >= 15 is 0 Å². The van der Waals surface area contributed by atoms with Gasteiger partial charge in [-0.05, 0) is 52.5 Å². The van der Waals surface area contributed by atoms with E-state index in [9.17, 15) is 9.59 Å². The van der Waals surface area contributed by atoms with Gasteiger partial charge in [-0.15, -0.1) is 0 Å². The summed E-state index contributed by atoms with van der Waals surface area (Å²) in [5.74, 6) is 0.184. The lowest BCUT2D eigenvalue weighted by Crippen LogP contribution is -2.39. The highest BCUT2D eigenvalue weighted by molar-refractivity contribution is 9.10. The Bertz CT molecular complexity index is 687. The molecule has 24 heavy (non-hydrogen) atoms. The van der Waals surface area contributed by atoms with Crippen molar-refractivity contribution in [1.29, 1.82) is 0 Å². The van der Waals surface area contributed by atoms with Crippen LogP contribution in [0.1, 0.15) is 11.1 Å². The van der Waals surface area contributed by atoms with Crippen LogP contribution in [0, 0.1) is 6.92 Å². The third-order valence-corrected chi connectivity index (χ3v) is 3.57. The van der Waals surface area contributed by atoms with Crippen LogP contribution in [0.4, 0.5) is 10.6 Å². The number of aromatic nitrogens is 1. The number of pyridine rings is 1. The van der Waals surface area contributed by atoms with Crippen molar-refractivity contribution in [3.8, 4) is 0 Å². The number of urea groups is 1. The van der Waals surface area contributed by atoms with E-state index in [-0.39, 0.29) is 12.5 Å². The van der Waals surface area contributed by atoms with Crippen LogP contribution in [0.2, 0.25) is 0 Å². The molecule has 6 nitrogen and oxygen atoms in total. The molecule has 0 saturated heterocycles. The number of hydrogen-bond acceptors (Lipinski definition) is 3. The normalized spacial score (nSPS) is 10.1. The molecule has 0 spiro atoms. The summed E-state index contributed by atoms with van der Waals surface area (Å²) in [7, 11) is 0. The van der Waals surface area contributed by atoms with E-state index in [0.717, 1.165) is 17.5 Å². The first kappa shape index (κ1) is 17.9. The maximum atomic E-state index is 11.8.